The first-order valence-electron chi connectivity index (χ1n) is 7.82. The Hall–Kier alpha value is -2.81. The maximum absolute atomic E-state index is 14.5. The lowest BCUT2D eigenvalue weighted by molar-refractivity contribution is -0.676. The zero-order chi connectivity index (χ0) is 18.9. The Bertz CT molecular complexity index is 919. The van der Waals surface area contributed by atoms with Crippen LogP contribution in [0.2, 0.25) is 0 Å². The average Bonchev–Trinajstić information content (AvgIpc) is 3.06. The minimum absolute atomic E-state index is 0.0468. The summed E-state index contributed by atoms with van der Waals surface area (Å²) in [6.07, 6.45) is 5.18. The SMILES string of the molecule is CC(c1nc[n+](C)cc1F)C(O)(Cn1cncn1)c1ccc(F)cc1F. The van der Waals surface area contributed by atoms with Gasteiger partial charge in [0.25, 0.3) is 6.33 Å². The molecule has 26 heavy (non-hydrogen) atoms. The van der Waals surface area contributed by atoms with E-state index in [1.807, 2.05) is 0 Å². The van der Waals surface area contributed by atoms with Gasteiger partial charge in [-0.25, -0.2) is 23.0 Å². The van der Waals surface area contributed by atoms with Crippen LogP contribution in [-0.4, -0.2) is 24.9 Å². The van der Waals surface area contributed by atoms with Crippen LogP contribution in [0.5, 0.6) is 0 Å². The molecule has 0 saturated heterocycles. The van der Waals surface area contributed by atoms with Gasteiger partial charge < -0.3 is 5.11 Å². The number of hydrogen-bond acceptors (Lipinski definition) is 4. The van der Waals surface area contributed by atoms with Crippen molar-refractivity contribution in [3.63, 3.8) is 0 Å². The number of benzene rings is 1. The molecular weight excluding hydrogens is 347 g/mol. The number of halogens is 3. The topological polar surface area (TPSA) is 67.7 Å². The quantitative estimate of drug-likeness (QED) is 0.699. The van der Waals surface area contributed by atoms with E-state index < -0.39 is 29.0 Å². The summed E-state index contributed by atoms with van der Waals surface area (Å²) >= 11 is 0. The summed E-state index contributed by atoms with van der Waals surface area (Å²) in [6, 6.07) is 2.84. The van der Waals surface area contributed by atoms with Crippen molar-refractivity contribution in [1.82, 2.24) is 19.7 Å². The van der Waals surface area contributed by atoms with Crippen molar-refractivity contribution < 1.29 is 22.8 Å². The van der Waals surface area contributed by atoms with Crippen molar-refractivity contribution in [1.29, 1.82) is 0 Å². The molecule has 0 fully saturated rings. The second-order valence-electron chi connectivity index (χ2n) is 6.14. The molecular formula is C17H17F3N5O+. The molecule has 3 rings (SSSR count). The highest BCUT2D eigenvalue weighted by Crippen LogP contribution is 2.39. The number of nitrogens with zero attached hydrogens (tertiary/aromatic N) is 5. The highest BCUT2D eigenvalue weighted by atomic mass is 19.1. The van der Waals surface area contributed by atoms with Crippen LogP contribution in [0.3, 0.4) is 0 Å². The van der Waals surface area contributed by atoms with E-state index in [1.54, 1.807) is 7.05 Å². The fourth-order valence-corrected chi connectivity index (χ4v) is 2.90. The molecule has 2 atom stereocenters. The standard InChI is InChI=1S/C17H17F3N5O/c1-11(16-15(20)6-24(2)10-22-16)17(26,7-25-9-21-8-23-25)13-4-3-12(18)5-14(13)19/h3-6,8-11,26H,7H2,1-2H3/q+1. The van der Waals surface area contributed by atoms with Gasteiger partial charge in [0.1, 0.15) is 36.1 Å². The van der Waals surface area contributed by atoms with E-state index in [2.05, 4.69) is 15.1 Å². The molecule has 1 aromatic carbocycles. The summed E-state index contributed by atoms with van der Waals surface area (Å²) in [5.74, 6) is -3.34. The first-order chi connectivity index (χ1) is 12.3. The van der Waals surface area contributed by atoms with E-state index >= 15 is 0 Å². The Morgan fingerprint density at radius 2 is 2.04 bits per heavy atom. The Kier molecular flexibility index (Phi) is 4.73. The number of aliphatic hydroxyl groups is 1. The largest absolute Gasteiger partial charge is 0.382 e. The minimum Gasteiger partial charge on any atom is -0.382 e. The Morgan fingerprint density at radius 3 is 2.65 bits per heavy atom. The van der Waals surface area contributed by atoms with Crippen molar-refractivity contribution >= 4 is 0 Å². The second-order valence-corrected chi connectivity index (χ2v) is 6.14. The lowest BCUT2D eigenvalue weighted by Crippen LogP contribution is -2.40. The molecule has 2 heterocycles. The van der Waals surface area contributed by atoms with Gasteiger partial charge in [0.15, 0.2) is 5.69 Å². The van der Waals surface area contributed by atoms with Crippen molar-refractivity contribution in [3.05, 3.63) is 72.1 Å². The van der Waals surface area contributed by atoms with Crippen molar-refractivity contribution in [2.75, 3.05) is 0 Å². The van der Waals surface area contributed by atoms with E-state index in [0.717, 1.165) is 12.1 Å². The molecule has 0 aliphatic carbocycles. The van der Waals surface area contributed by atoms with Gasteiger partial charge >= 0.3 is 0 Å². The highest BCUT2D eigenvalue weighted by Gasteiger charge is 2.43. The Labute approximate surface area is 147 Å². The summed E-state index contributed by atoms with van der Waals surface area (Å²) in [7, 11) is 1.60. The molecule has 0 aliphatic rings. The third-order valence-corrected chi connectivity index (χ3v) is 4.33. The maximum atomic E-state index is 14.5. The number of rotatable bonds is 5. The van der Waals surface area contributed by atoms with Gasteiger partial charge in [0.05, 0.1) is 19.5 Å². The fourth-order valence-electron chi connectivity index (χ4n) is 2.90. The lowest BCUT2D eigenvalue weighted by atomic mass is 9.79. The normalized spacial score (nSPS) is 14.8. The van der Waals surface area contributed by atoms with Gasteiger partial charge in [-0.3, -0.25) is 0 Å². The van der Waals surface area contributed by atoms with E-state index in [9.17, 15) is 18.3 Å². The van der Waals surface area contributed by atoms with E-state index in [4.69, 9.17) is 0 Å². The van der Waals surface area contributed by atoms with Crippen LogP contribution in [0.15, 0.2) is 43.4 Å². The molecule has 0 spiro atoms. The molecule has 0 radical (unpaired) electrons. The summed E-state index contributed by atoms with van der Waals surface area (Å²) in [4.78, 5) is 7.82. The molecule has 0 saturated carbocycles. The highest BCUT2D eigenvalue weighted by molar-refractivity contribution is 5.29. The Balaban J connectivity index is 2.13. The number of aromatic nitrogens is 5. The number of aryl methyl sites for hydroxylation is 1. The van der Waals surface area contributed by atoms with Gasteiger partial charge in [0, 0.05) is 11.6 Å². The average molecular weight is 364 g/mol. The van der Waals surface area contributed by atoms with Crippen molar-refractivity contribution in [3.8, 4) is 0 Å². The molecule has 6 nitrogen and oxygen atoms in total. The van der Waals surface area contributed by atoms with Gasteiger partial charge in [-0.05, 0) is 6.07 Å². The van der Waals surface area contributed by atoms with E-state index in [0.29, 0.717) is 6.07 Å². The monoisotopic (exact) mass is 364 g/mol. The molecule has 1 N–H and O–H groups in total. The molecule has 0 aliphatic heterocycles. The van der Waals surface area contributed by atoms with E-state index in [1.165, 1.54) is 41.4 Å². The zero-order valence-electron chi connectivity index (χ0n) is 14.1. The first-order valence-corrected chi connectivity index (χ1v) is 7.82. The lowest BCUT2D eigenvalue weighted by Gasteiger charge is -2.33. The van der Waals surface area contributed by atoms with E-state index in [-0.39, 0.29) is 17.8 Å². The summed E-state index contributed by atoms with van der Waals surface area (Å²) in [6.45, 7) is 1.30. The first kappa shape index (κ1) is 18.0. The smallest absolute Gasteiger partial charge is 0.286 e. The Morgan fingerprint density at radius 1 is 1.27 bits per heavy atom. The molecule has 0 bridgehead atoms. The van der Waals surface area contributed by atoms with Crippen LogP contribution >= 0.6 is 0 Å². The summed E-state index contributed by atoms with van der Waals surface area (Å²) < 4.78 is 44.9. The number of hydrogen-bond donors (Lipinski definition) is 1. The maximum Gasteiger partial charge on any atom is 0.286 e. The van der Waals surface area contributed by atoms with Gasteiger partial charge in [-0.1, -0.05) is 18.0 Å². The molecule has 2 unspecified atom stereocenters. The van der Waals surface area contributed by atoms with Crippen LogP contribution in [-0.2, 0) is 19.2 Å². The van der Waals surface area contributed by atoms with Crippen LogP contribution in [0, 0.1) is 17.5 Å². The summed E-state index contributed by atoms with van der Waals surface area (Å²) in [5.41, 5.74) is -2.18. The van der Waals surface area contributed by atoms with Crippen LogP contribution in [0.25, 0.3) is 0 Å². The molecule has 2 aromatic heterocycles. The van der Waals surface area contributed by atoms with Crippen molar-refractivity contribution in [2.45, 2.75) is 25.0 Å². The third-order valence-electron chi connectivity index (χ3n) is 4.33. The van der Waals surface area contributed by atoms with Crippen LogP contribution in [0.1, 0.15) is 24.1 Å². The second kappa shape index (κ2) is 6.83. The fraction of sp³-hybridized carbons (Fsp3) is 0.294. The van der Waals surface area contributed by atoms with Gasteiger partial charge in [-0.2, -0.15) is 9.49 Å². The van der Waals surface area contributed by atoms with Crippen LogP contribution < -0.4 is 4.57 Å². The third kappa shape index (κ3) is 3.30. The predicted octanol–water partition coefficient (Wildman–Crippen LogP) is 1.61. The molecule has 9 heteroatoms. The van der Waals surface area contributed by atoms with Crippen LogP contribution in [0.4, 0.5) is 13.2 Å². The molecule has 0 amide bonds. The van der Waals surface area contributed by atoms with Gasteiger partial charge in [0.2, 0.25) is 5.82 Å². The van der Waals surface area contributed by atoms with Crippen molar-refractivity contribution in [2.24, 2.45) is 7.05 Å². The zero-order valence-corrected chi connectivity index (χ0v) is 14.1. The molecule has 3 aromatic rings. The summed E-state index contributed by atoms with van der Waals surface area (Å²) in [5, 5.41) is 15.3. The minimum atomic E-state index is -1.95. The molecule has 136 valence electrons. The predicted molar refractivity (Wildman–Crippen MR) is 84.1 cm³/mol. The van der Waals surface area contributed by atoms with Gasteiger partial charge in [-0.15, -0.1) is 0 Å².